The van der Waals surface area contributed by atoms with Gasteiger partial charge in [-0.3, -0.25) is 0 Å². The van der Waals surface area contributed by atoms with Crippen molar-refractivity contribution < 1.29 is 0 Å². The zero-order chi connectivity index (χ0) is 33.7. The molecule has 0 spiro atoms. The van der Waals surface area contributed by atoms with Gasteiger partial charge < -0.3 is 9.13 Å². The molecule has 4 aliphatic rings. The standard InChI is InChI=1S/C31H22N2.C18H14/c1-32-28-13-7-5-11-24(28)26-19-21(15-17-29(26)32)22-16-18-31-27(20-22)25-12-6-8-14-30(25)33(31)23-9-3-2-4-10-23;1-2-10-18-12-17(18,9-1)14-7-3-5-13-6-4-8-16(18)15(13)11-14/h2-20H,1H3;1-10H,11-12H2. The summed E-state index contributed by atoms with van der Waals surface area (Å²) in [6, 6.07) is 48.5. The number of rotatable bonds is 2. The second-order valence-corrected chi connectivity index (χ2v) is 14.7. The third kappa shape index (κ3) is 3.93. The van der Waals surface area contributed by atoms with E-state index in [0.29, 0.717) is 5.41 Å². The fraction of sp³-hybridized carbons (Fsp3) is 0.102. The van der Waals surface area contributed by atoms with Gasteiger partial charge in [-0.15, -0.1) is 0 Å². The number of aromatic nitrogens is 2. The van der Waals surface area contributed by atoms with Crippen LogP contribution in [-0.2, 0) is 18.9 Å². The smallest absolute Gasteiger partial charge is 0.0541 e. The minimum atomic E-state index is 0.281. The zero-order valence-electron chi connectivity index (χ0n) is 28.6. The van der Waals surface area contributed by atoms with E-state index in [9.17, 15) is 0 Å². The molecule has 2 aromatic heterocycles. The minimum absolute atomic E-state index is 0.281. The lowest BCUT2D eigenvalue weighted by Crippen LogP contribution is -2.26. The van der Waals surface area contributed by atoms with Crippen molar-refractivity contribution in [3.8, 4) is 16.8 Å². The topological polar surface area (TPSA) is 9.86 Å². The molecule has 1 saturated carbocycles. The highest BCUT2D eigenvalue weighted by atomic mass is 15.0. The van der Waals surface area contributed by atoms with Gasteiger partial charge in [-0.05, 0) is 89.2 Å². The van der Waals surface area contributed by atoms with Crippen LogP contribution in [0.15, 0.2) is 175 Å². The molecule has 2 heteroatoms. The van der Waals surface area contributed by atoms with Crippen molar-refractivity contribution in [2.24, 2.45) is 12.5 Å². The SMILES string of the molecule is C1=Cc2cccc3c2CC(=C1)C12C=CC=CC31C2.Cn1c2ccccc2c2cc(-c3ccc4c(c3)c3ccccc3n4-c3ccccc3)ccc21. The van der Waals surface area contributed by atoms with Crippen molar-refractivity contribution in [2.75, 3.05) is 0 Å². The first-order chi connectivity index (χ1) is 25.2. The summed E-state index contributed by atoms with van der Waals surface area (Å²) in [6.07, 6.45) is 18.6. The summed E-state index contributed by atoms with van der Waals surface area (Å²) in [5.41, 5.74) is 15.4. The van der Waals surface area contributed by atoms with Crippen LogP contribution >= 0.6 is 0 Å². The van der Waals surface area contributed by atoms with E-state index in [1.807, 2.05) is 0 Å². The minimum Gasteiger partial charge on any atom is -0.344 e. The number of hydrogen-bond donors (Lipinski definition) is 0. The second-order valence-electron chi connectivity index (χ2n) is 14.7. The van der Waals surface area contributed by atoms with Gasteiger partial charge in [-0.2, -0.15) is 0 Å². The third-order valence-electron chi connectivity index (χ3n) is 12.2. The van der Waals surface area contributed by atoms with E-state index in [2.05, 4.69) is 192 Å². The lowest BCUT2D eigenvalue weighted by atomic mass is 9.70. The van der Waals surface area contributed by atoms with E-state index in [-0.39, 0.29) is 5.41 Å². The molecule has 242 valence electrons. The summed E-state index contributed by atoms with van der Waals surface area (Å²) in [6.45, 7) is 0. The van der Waals surface area contributed by atoms with Crippen LogP contribution in [0.25, 0.3) is 66.5 Å². The van der Waals surface area contributed by atoms with Gasteiger partial charge in [-0.1, -0.05) is 133 Å². The summed E-state index contributed by atoms with van der Waals surface area (Å²) in [7, 11) is 2.15. The first-order valence-electron chi connectivity index (χ1n) is 18.1. The Kier molecular flexibility index (Phi) is 5.88. The molecule has 2 unspecified atom stereocenters. The average molecular weight is 653 g/mol. The molecular weight excluding hydrogens is 617 g/mol. The Hall–Kier alpha value is -6.12. The molecule has 51 heavy (non-hydrogen) atoms. The lowest BCUT2D eigenvalue weighted by Gasteiger charge is -2.33. The van der Waals surface area contributed by atoms with E-state index in [1.54, 1.807) is 16.7 Å². The molecule has 2 atom stereocenters. The van der Waals surface area contributed by atoms with E-state index < -0.39 is 0 Å². The molecule has 2 heterocycles. The number of nitrogens with zero attached hydrogens (tertiary/aromatic N) is 2. The fourth-order valence-corrected chi connectivity index (χ4v) is 9.74. The Morgan fingerprint density at radius 1 is 0.529 bits per heavy atom. The van der Waals surface area contributed by atoms with Crippen molar-refractivity contribution in [3.63, 3.8) is 0 Å². The van der Waals surface area contributed by atoms with Crippen molar-refractivity contribution in [2.45, 2.75) is 18.3 Å². The van der Waals surface area contributed by atoms with Crippen LogP contribution in [0, 0.1) is 5.41 Å². The van der Waals surface area contributed by atoms with Gasteiger partial charge in [0.1, 0.15) is 0 Å². The third-order valence-corrected chi connectivity index (χ3v) is 12.2. The van der Waals surface area contributed by atoms with Crippen LogP contribution < -0.4 is 0 Å². The Balaban J connectivity index is 0.000000144. The average Bonchev–Trinajstić information content (AvgIpc) is 3.79. The Labute approximate surface area is 297 Å². The zero-order valence-corrected chi connectivity index (χ0v) is 28.6. The van der Waals surface area contributed by atoms with E-state index >= 15 is 0 Å². The van der Waals surface area contributed by atoms with Gasteiger partial charge >= 0.3 is 0 Å². The number of para-hydroxylation sites is 3. The maximum atomic E-state index is 2.44. The van der Waals surface area contributed by atoms with Gasteiger partial charge in [0.25, 0.3) is 0 Å². The molecule has 4 aliphatic carbocycles. The largest absolute Gasteiger partial charge is 0.344 e. The predicted octanol–water partition coefficient (Wildman–Crippen LogP) is 12.0. The van der Waals surface area contributed by atoms with Gasteiger partial charge in [0.2, 0.25) is 0 Å². The number of hydrogen-bond acceptors (Lipinski definition) is 0. The van der Waals surface area contributed by atoms with Gasteiger partial charge in [0.15, 0.2) is 0 Å². The van der Waals surface area contributed by atoms with E-state index in [0.717, 1.165) is 6.42 Å². The summed E-state index contributed by atoms with van der Waals surface area (Å²) in [5, 5.41) is 5.17. The van der Waals surface area contributed by atoms with Crippen molar-refractivity contribution in [1.29, 1.82) is 0 Å². The van der Waals surface area contributed by atoms with Gasteiger partial charge in [0.05, 0.1) is 11.0 Å². The maximum Gasteiger partial charge on any atom is 0.0541 e. The lowest BCUT2D eigenvalue weighted by molar-refractivity contribution is 0.608. The van der Waals surface area contributed by atoms with Crippen LogP contribution in [-0.4, -0.2) is 9.13 Å². The fourth-order valence-electron chi connectivity index (χ4n) is 9.74. The Morgan fingerprint density at radius 2 is 1.16 bits per heavy atom. The second kappa shape index (κ2) is 10.4. The quantitative estimate of drug-likeness (QED) is 0.176. The molecule has 8 aromatic rings. The molecule has 0 aliphatic heterocycles. The number of aryl methyl sites for hydroxylation is 1. The highest BCUT2D eigenvalue weighted by Gasteiger charge is 2.69. The number of benzene rings is 6. The molecule has 0 radical (unpaired) electrons. The number of allylic oxidation sites excluding steroid dienone is 7. The molecule has 12 rings (SSSR count). The number of fused-ring (bicyclic) bond motifs is 7. The van der Waals surface area contributed by atoms with E-state index in [4.69, 9.17) is 0 Å². The van der Waals surface area contributed by atoms with Gasteiger partial charge in [-0.25, -0.2) is 0 Å². The normalized spacial score (nSPS) is 20.5. The molecule has 2 bridgehead atoms. The highest BCUT2D eigenvalue weighted by molar-refractivity contribution is 6.12. The summed E-state index contributed by atoms with van der Waals surface area (Å²) in [5.74, 6) is 0. The first kappa shape index (κ1) is 28.7. The molecule has 2 nitrogen and oxygen atoms in total. The first-order valence-corrected chi connectivity index (χ1v) is 18.1. The molecule has 6 aromatic carbocycles. The molecule has 0 saturated heterocycles. The van der Waals surface area contributed by atoms with Gasteiger partial charge in [0, 0.05) is 56.1 Å². The molecular formula is C49H36N2. The molecule has 0 amide bonds. The predicted molar refractivity (Wildman–Crippen MR) is 214 cm³/mol. The Bertz CT molecular complexity index is 2870. The van der Waals surface area contributed by atoms with Crippen molar-refractivity contribution in [1.82, 2.24) is 9.13 Å². The summed E-state index contributed by atoms with van der Waals surface area (Å²) in [4.78, 5) is 0. The molecule has 0 N–H and O–H groups in total. The van der Waals surface area contributed by atoms with Crippen LogP contribution in [0.5, 0.6) is 0 Å². The maximum absolute atomic E-state index is 2.44. The van der Waals surface area contributed by atoms with Crippen LogP contribution in [0.2, 0.25) is 0 Å². The van der Waals surface area contributed by atoms with Crippen molar-refractivity contribution in [3.05, 3.63) is 192 Å². The molecule has 1 fully saturated rings. The van der Waals surface area contributed by atoms with E-state index in [1.165, 1.54) is 72.4 Å². The Morgan fingerprint density at radius 3 is 1.96 bits per heavy atom. The van der Waals surface area contributed by atoms with Crippen molar-refractivity contribution >= 4 is 49.7 Å². The summed E-state index contributed by atoms with van der Waals surface area (Å²) < 4.78 is 4.65. The van der Waals surface area contributed by atoms with Crippen LogP contribution in [0.3, 0.4) is 0 Å². The summed E-state index contributed by atoms with van der Waals surface area (Å²) >= 11 is 0. The monoisotopic (exact) mass is 652 g/mol. The van der Waals surface area contributed by atoms with Crippen LogP contribution in [0.4, 0.5) is 0 Å². The van der Waals surface area contributed by atoms with Crippen LogP contribution in [0.1, 0.15) is 23.1 Å². The highest BCUT2D eigenvalue weighted by Crippen LogP contribution is 2.74.